The van der Waals surface area contributed by atoms with Gasteiger partial charge in [0.15, 0.2) is 0 Å². The second-order valence-electron chi connectivity index (χ2n) is 8.32. The standard InChI is InChI=1S/C21H30N4/c1-15-10-12-25(13-11-15)20-22-16(2)14-19(24-20)23-18-8-6-17(7-9-18)21(3,4)5/h6-9,14-15H,10-13H2,1-5H3,(H,22,23,24). The van der Waals surface area contributed by atoms with Crippen molar-refractivity contribution in [1.29, 1.82) is 0 Å². The van der Waals surface area contributed by atoms with Crippen LogP contribution in [0.5, 0.6) is 0 Å². The summed E-state index contributed by atoms with van der Waals surface area (Å²) in [4.78, 5) is 11.7. The fraction of sp³-hybridized carbons (Fsp3) is 0.524. The van der Waals surface area contributed by atoms with E-state index in [2.05, 4.69) is 67.2 Å². The molecule has 0 atom stereocenters. The first kappa shape index (κ1) is 17.7. The van der Waals surface area contributed by atoms with E-state index in [9.17, 15) is 0 Å². The average molecular weight is 338 g/mol. The number of rotatable bonds is 3. The van der Waals surface area contributed by atoms with Crippen LogP contribution in [0.15, 0.2) is 30.3 Å². The van der Waals surface area contributed by atoms with Crippen LogP contribution >= 0.6 is 0 Å². The van der Waals surface area contributed by atoms with Crippen molar-refractivity contribution in [3.05, 3.63) is 41.6 Å². The lowest BCUT2D eigenvalue weighted by Crippen LogP contribution is -2.34. The number of hydrogen-bond acceptors (Lipinski definition) is 4. The zero-order valence-electron chi connectivity index (χ0n) is 16.1. The van der Waals surface area contributed by atoms with Gasteiger partial charge in [0.05, 0.1) is 0 Å². The third kappa shape index (κ3) is 4.50. The number of anilines is 3. The summed E-state index contributed by atoms with van der Waals surface area (Å²) in [5.74, 6) is 2.52. The van der Waals surface area contributed by atoms with Gasteiger partial charge in [-0.2, -0.15) is 4.98 Å². The van der Waals surface area contributed by atoms with E-state index in [-0.39, 0.29) is 5.41 Å². The van der Waals surface area contributed by atoms with Crippen LogP contribution in [0.4, 0.5) is 17.5 Å². The van der Waals surface area contributed by atoms with E-state index < -0.39 is 0 Å². The summed E-state index contributed by atoms with van der Waals surface area (Å²) >= 11 is 0. The Kier molecular flexibility index (Phi) is 4.98. The van der Waals surface area contributed by atoms with Crippen LogP contribution < -0.4 is 10.2 Å². The van der Waals surface area contributed by atoms with Gasteiger partial charge in [-0.3, -0.25) is 0 Å². The van der Waals surface area contributed by atoms with Crippen molar-refractivity contribution in [3.63, 3.8) is 0 Å². The van der Waals surface area contributed by atoms with Gasteiger partial charge in [0.1, 0.15) is 5.82 Å². The van der Waals surface area contributed by atoms with Crippen molar-refractivity contribution in [2.45, 2.75) is 52.9 Å². The van der Waals surface area contributed by atoms with E-state index >= 15 is 0 Å². The SMILES string of the molecule is Cc1cc(Nc2ccc(C(C)(C)C)cc2)nc(N2CCC(C)CC2)n1. The Hall–Kier alpha value is -2.10. The number of nitrogens with zero attached hydrogens (tertiary/aromatic N) is 3. The molecule has 134 valence electrons. The normalized spacial score (nSPS) is 16.1. The molecule has 1 saturated heterocycles. The number of hydrogen-bond donors (Lipinski definition) is 1. The summed E-state index contributed by atoms with van der Waals surface area (Å²) < 4.78 is 0. The lowest BCUT2D eigenvalue weighted by Gasteiger charge is -2.30. The topological polar surface area (TPSA) is 41.1 Å². The van der Waals surface area contributed by atoms with Gasteiger partial charge in [0, 0.05) is 30.5 Å². The minimum Gasteiger partial charge on any atom is -0.341 e. The van der Waals surface area contributed by atoms with E-state index in [1.807, 2.05) is 13.0 Å². The van der Waals surface area contributed by atoms with Crippen LogP contribution in [0.1, 0.15) is 51.8 Å². The van der Waals surface area contributed by atoms with Crippen molar-refractivity contribution in [3.8, 4) is 0 Å². The van der Waals surface area contributed by atoms with Crippen molar-refractivity contribution in [1.82, 2.24) is 9.97 Å². The summed E-state index contributed by atoms with van der Waals surface area (Å²) in [6.45, 7) is 13.1. The molecule has 25 heavy (non-hydrogen) atoms. The predicted molar refractivity (Wildman–Crippen MR) is 106 cm³/mol. The Labute approximate surface area is 151 Å². The van der Waals surface area contributed by atoms with Gasteiger partial charge in [0.2, 0.25) is 5.95 Å². The van der Waals surface area contributed by atoms with E-state index in [0.29, 0.717) is 0 Å². The predicted octanol–water partition coefficient (Wildman–Crippen LogP) is 5.06. The summed E-state index contributed by atoms with van der Waals surface area (Å²) in [5, 5.41) is 3.43. The summed E-state index contributed by atoms with van der Waals surface area (Å²) in [6.07, 6.45) is 2.43. The zero-order valence-corrected chi connectivity index (χ0v) is 16.1. The van der Waals surface area contributed by atoms with Crippen molar-refractivity contribution in [2.24, 2.45) is 5.92 Å². The summed E-state index contributed by atoms with van der Waals surface area (Å²) in [5.41, 5.74) is 3.56. The molecule has 0 bridgehead atoms. The summed E-state index contributed by atoms with van der Waals surface area (Å²) in [7, 11) is 0. The molecule has 0 unspecified atom stereocenters. The highest BCUT2D eigenvalue weighted by molar-refractivity contribution is 5.58. The van der Waals surface area contributed by atoms with Gasteiger partial charge in [-0.05, 0) is 48.8 Å². The smallest absolute Gasteiger partial charge is 0.227 e. The molecule has 0 amide bonds. The lowest BCUT2D eigenvalue weighted by molar-refractivity contribution is 0.434. The molecule has 1 aliphatic rings. The fourth-order valence-corrected chi connectivity index (χ4v) is 3.17. The van der Waals surface area contributed by atoms with Crippen LogP contribution in [0.2, 0.25) is 0 Å². The van der Waals surface area contributed by atoms with Crippen LogP contribution in [0.25, 0.3) is 0 Å². The van der Waals surface area contributed by atoms with Gasteiger partial charge < -0.3 is 10.2 Å². The first-order chi connectivity index (χ1) is 11.8. The Morgan fingerprint density at radius 2 is 1.68 bits per heavy atom. The van der Waals surface area contributed by atoms with Gasteiger partial charge in [-0.1, -0.05) is 39.8 Å². The number of aryl methyl sites for hydroxylation is 1. The van der Waals surface area contributed by atoms with E-state index in [0.717, 1.165) is 42.2 Å². The molecule has 4 nitrogen and oxygen atoms in total. The van der Waals surface area contributed by atoms with Crippen molar-refractivity contribution >= 4 is 17.5 Å². The minimum atomic E-state index is 0.169. The third-order valence-corrected chi connectivity index (χ3v) is 4.93. The molecule has 0 aliphatic carbocycles. The molecule has 1 aromatic carbocycles. The Morgan fingerprint density at radius 3 is 2.28 bits per heavy atom. The monoisotopic (exact) mass is 338 g/mol. The number of piperidine rings is 1. The molecule has 0 saturated carbocycles. The van der Waals surface area contributed by atoms with Crippen LogP contribution in [0, 0.1) is 12.8 Å². The maximum Gasteiger partial charge on any atom is 0.227 e. The molecule has 0 radical (unpaired) electrons. The van der Waals surface area contributed by atoms with Crippen molar-refractivity contribution < 1.29 is 0 Å². The van der Waals surface area contributed by atoms with E-state index in [1.54, 1.807) is 0 Å². The third-order valence-electron chi connectivity index (χ3n) is 4.93. The molecule has 4 heteroatoms. The van der Waals surface area contributed by atoms with Crippen molar-refractivity contribution in [2.75, 3.05) is 23.3 Å². The molecule has 2 heterocycles. The van der Waals surface area contributed by atoms with E-state index in [1.165, 1.54) is 18.4 Å². The molecule has 3 rings (SSSR count). The highest BCUT2D eigenvalue weighted by atomic mass is 15.3. The first-order valence-corrected chi connectivity index (χ1v) is 9.29. The van der Waals surface area contributed by atoms with Gasteiger partial charge in [0.25, 0.3) is 0 Å². The minimum absolute atomic E-state index is 0.169. The molecule has 2 aromatic rings. The summed E-state index contributed by atoms with van der Waals surface area (Å²) in [6, 6.07) is 10.6. The molecule has 1 aliphatic heterocycles. The Morgan fingerprint density at radius 1 is 1.04 bits per heavy atom. The largest absolute Gasteiger partial charge is 0.341 e. The molecule has 0 spiro atoms. The average Bonchev–Trinajstić information content (AvgIpc) is 2.54. The maximum absolute atomic E-state index is 4.75. The second-order valence-corrected chi connectivity index (χ2v) is 8.32. The van der Waals surface area contributed by atoms with Crippen LogP contribution in [-0.2, 0) is 5.41 Å². The quantitative estimate of drug-likeness (QED) is 0.849. The highest BCUT2D eigenvalue weighted by Gasteiger charge is 2.19. The molecule has 1 fully saturated rings. The lowest BCUT2D eigenvalue weighted by atomic mass is 9.87. The molecular weight excluding hydrogens is 308 g/mol. The Balaban J connectivity index is 1.76. The number of aromatic nitrogens is 2. The first-order valence-electron chi connectivity index (χ1n) is 9.29. The number of benzene rings is 1. The van der Waals surface area contributed by atoms with Crippen LogP contribution in [-0.4, -0.2) is 23.1 Å². The number of nitrogens with one attached hydrogen (secondary N) is 1. The van der Waals surface area contributed by atoms with Gasteiger partial charge >= 0.3 is 0 Å². The van der Waals surface area contributed by atoms with Gasteiger partial charge in [-0.15, -0.1) is 0 Å². The molecule has 1 N–H and O–H groups in total. The molecule has 1 aromatic heterocycles. The highest BCUT2D eigenvalue weighted by Crippen LogP contribution is 2.26. The molecular formula is C21H30N4. The van der Waals surface area contributed by atoms with Crippen LogP contribution in [0.3, 0.4) is 0 Å². The van der Waals surface area contributed by atoms with Gasteiger partial charge in [-0.25, -0.2) is 4.98 Å². The second kappa shape index (κ2) is 7.03. The maximum atomic E-state index is 4.75. The fourth-order valence-electron chi connectivity index (χ4n) is 3.17. The zero-order chi connectivity index (χ0) is 18.0. The Bertz CT molecular complexity index is 708. The van der Waals surface area contributed by atoms with E-state index in [4.69, 9.17) is 4.98 Å².